The van der Waals surface area contributed by atoms with Crippen molar-refractivity contribution in [3.63, 3.8) is 0 Å². The predicted molar refractivity (Wildman–Crippen MR) is 109 cm³/mol. The van der Waals surface area contributed by atoms with Gasteiger partial charge in [0.15, 0.2) is 5.96 Å². The number of aromatic nitrogens is 1. The number of nitrogens with zero attached hydrogens (tertiary/aromatic N) is 2. The quantitative estimate of drug-likeness (QED) is 0.276. The molecule has 1 unspecified atom stereocenters. The summed E-state index contributed by atoms with van der Waals surface area (Å²) >= 11 is 0. The monoisotopic (exact) mass is 380 g/mol. The summed E-state index contributed by atoms with van der Waals surface area (Å²) in [6.45, 7) is 9.84. The summed E-state index contributed by atoms with van der Waals surface area (Å²) < 4.78 is 10.4. The first kappa shape index (κ1) is 23.2. The number of guanidine groups is 1. The number of ether oxygens (including phenoxy) is 2. The van der Waals surface area contributed by atoms with Crippen molar-refractivity contribution in [1.29, 1.82) is 0 Å². The molecule has 27 heavy (non-hydrogen) atoms. The van der Waals surface area contributed by atoms with Crippen LogP contribution in [0, 0.1) is 11.8 Å². The summed E-state index contributed by atoms with van der Waals surface area (Å²) in [5, 5.41) is 15.9. The number of aliphatic hydroxyl groups excluding tert-OH is 1. The molecule has 0 saturated heterocycles. The number of nitrogens with one attached hydrogen (secondary N) is 2. The maximum Gasteiger partial charge on any atom is 0.213 e. The average molecular weight is 381 g/mol. The molecule has 0 spiro atoms. The number of hydrogen-bond acceptors (Lipinski definition) is 5. The van der Waals surface area contributed by atoms with Crippen molar-refractivity contribution in [2.24, 2.45) is 16.8 Å². The van der Waals surface area contributed by atoms with Gasteiger partial charge < -0.3 is 25.2 Å². The van der Waals surface area contributed by atoms with Crippen LogP contribution in [-0.2, 0) is 11.3 Å². The number of pyridine rings is 1. The SMILES string of the molecule is CCNC(=NCc1ccc(OCCOC)nc1)NCC(CCO)CC(C)C. The first-order valence-electron chi connectivity index (χ1n) is 9.78. The van der Waals surface area contributed by atoms with Crippen LogP contribution < -0.4 is 15.4 Å². The van der Waals surface area contributed by atoms with E-state index in [-0.39, 0.29) is 6.61 Å². The van der Waals surface area contributed by atoms with Crippen LogP contribution in [0.15, 0.2) is 23.3 Å². The Balaban J connectivity index is 2.56. The number of methoxy groups -OCH3 is 1. The zero-order valence-corrected chi connectivity index (χ0v) is 17.2. The Morgan fingerprint density at radius 2 is 2.07 bits per heavy atom. The smallest absolute Gasteiger partial charge is 0.213 e. The molecule has 1 aromatic rings. The molecule has 7 heteroatoms. The van der Waals surface area contributed by atoms with E-state index in [1.807, 2.05) is 19.1 Å². The van der Waals surface area contributed by atoms with Gasteiger partial charge in [-0.2, -0.15) is 0 Å². The van der Waals surface area contributed by atoms with Gasteiger partial charge >= 0.3 is 0 Å². The third kappa shape index (κ3) is 10.8. The lowest BCUT2D eigenvalue weighted by Crippen LogP contribution is -2.40. The van der Waals surface area contributed by atoms with E-state index in [0.717, 1.165) is 37.5 Å². The van der Waals surface area contributed by atoms with E-state index in [9.17, 15) is 5.11 Å². The highest BCUT2D eigenvalue weighted by molar-refractivity contribution is 5.79. The number of aliphatic imine (C=N–C) groups is 1. The Hall–Kier alpha value is -1.86. The second kappa shape index (κ2) is 14.2. The van der Waals surface area contributed by atoms with E-state index in [4.69, 9.17) is 9.47 Å². The van der Waals surface area contributed by atoms with Gasteiger partial charge in [0.2, 0.25) is 5.88 Å². The minimum atomic E-state index is 0.219. The minimum absolute atomic E-state index is 0.219. The first-order valence-corrected chi connectivity index (χ1v) is 9.78. The molecule has 0 aliphatic rings. The van der Waals surface area contributed by atoms with Crippen molar-refractivity contribution in [3.8, 4) is 5.88 Å². The average Bonchev–Trinajstić information content (AvgIpc) is 2.65. The fraction of sp³-hybridized carbons (Fsp3) is 0.700. The molecule has 0 aliphatic heterocycles. The molecule has 0 aromatic carbocycles. The molecular formula is C20H36N4O3. The molecule has 1 atom stereocenters. The van der Waals surface area contributed by atoms with E-state index in [1.54, 1.807) is 13.3 Å². The third-order valence-electron chi connectivity index (χ3n) is 4.00. The van der Waals surface area contributed by atoms with Crippen molar-refractivity contribution in [2.45, 2.75) is 40.2 Å². The molecule has 0 aliphatic carbocycles. The number of aliphatic hydroxyl groups is 1. The highest BCUT2D eigenvalue weighted by atomic mass is 16.5. The molecule has 1 aromatic heterocycles. The zero-order chi connectivity index (χ0) is 19.9. The summed E-state index contributed by atoms with van der Waals surface area (Å²) in [4.78, 5) is 8.92. The van der Waals surface area contributed by atoms with Gasteiger partial charge in [-0.05, 0) is 37.2 Å². The lowest BCUT2D eigenvalue weighted by molar-refractivity contribution is 0.143. The van der Waals surface area contributed by atoms with Crippen LogP contribution in [0.4, 0.5) is 0 Å². The predicted octanol–water partition coefficient (Wildman–Crippen LogP) is 2.21. The van der Waals surface area contributed by atoms with Crippen LogP contribution in [0.2, 0.25) is 0 Å². The lowest BCUT2D eigenvalue weighted by atomic mass is 9.94. The summed E-state index contributed by atoms with van der Waals surface area (Å²) in [5.41, 5.74) is 1.01. The van der Waals surface area contributed by atoms with E-state index in [2.05, 4.69) is 34.5 Å². The van der Waals surface area contributed by atoms with Gasteiger partial charge in [0.1, 0.15) is 6.61 Å². The lowest BCUT2D eigenvalue weighted by Gasteiger charge is -2.20. The van der Waals surface area contributed by atoms with Gasteiger partial charge in [-0.15, -0.1) is 0 Å². The molecule has 0 amide bonds. The zero-order valence-electron chi connectivity index (χ0n) is 17.2. The van der Waals surface area contributed by atoms with Gasteiger partial charge in [-0.25, -0.2) is 9.98 Å². The van der Waals surface area contributed by atoms with Gasteiger partial charge in [0.25, 0.3) is 0 Å². The molecule has 0 radical (unpaired) electrons. The maximum absolute atomic E-state index is 9.26. The van der Waals surface area contributed by atoms with Crippen LogP contribution >= 0.6 is 0 Å². The Labute approximate surface area is 163 Å². The fourth-order valence-corrected chi connectivity index (χ4v) is 2.72. The van der Waals surface area contributed by atoms with E-state index in [0.29, 0.717) is 37.5 Å². The fourth-order valence-electron chi connectivity index (χ4n) is 2.72. The van der Waals surface area contributed by atoms with Gasteiger partial charge in [-0.1, -0.05) is 19.9 Å². The van der Waals surface area contributed by atoms with Crippen molar-refractivity contribution >= 4 is 5.96 Å². The van der Waals surface area contributed by atoms with Crippen LogP contribution in [-0.4, -0.2) is 56.1 Å². The molecule has 0 fully saturated rings. The highest BCUT2D eigenvalue weighted by Crippen LogP contribution is 2.14. The third-order valence-corrected chi connectivity index (χ3v) is 4.00. The normalized spacial score (nSPS) is 12.9. The maximum atomic E-state index is 9.26. The van der Waals surface area contributed by atoms with Crippen LogP contribution in [0.25, 0.3) is 0 Å². The Bertz CT molecular complexity index is 520. The van der Waals surface area contributed by atoms with E-state index in [1.165, 1.54) is 0 Å². The number of rotatable bonds is 13. The molecule has 0 bridgehead atoms. The van der Waals surface area contributed by atoms with Crippen molar-refractivity contribution in [2.75, 3.05) is 40.0 Å². The molecule has 7 nitrogen and oxygen atoms in total. The van der Waals surface area contributed by atoms with E-state index >= 15 is 0 Å². The van der Waals surface area contributed by atoms with Crippen molar-refractivity contribution in [1.82, 2.24) is 15.6 Å². The molecular weight excluding hydrogens is 344 g/mol. The Morgan fingerprint density at radius 3 is 2.67 bits per heavy atom. The Kier molecular flexibility index (Phi) is 12.2. The second-order valence-corrected chi connectivity index (χ2v) is 6.93. The molecule has 0 saturated carbocycles. The summed E-state index contributed by atoms with van der Waals surface area (Å²) in [6, 6.07) is 3.82. The van der Waals surface area contributed by atoms with Gasteiger partial charge in [0, 0.05) is 39.1 Å². The standard InChI is InChI=1S/C20H36N4O3/c1-5-21-20(23-13-17(8-9-25)12-16(2)3)24-15-18-6-7-19(22-14-18)27-11-10-26-4/h6-7,14,16-17,25H,5,8-13,15H2,1-4H3,(H2,21,23,24). The molecule has 154 valence electrons. The topological polar surface area (TPSA) is 88.0 Å². The van der Waals surface area contributed by atoms with Gasteiger partial charge in [0.05, 0.1) is 13.2 Å². The largest absolute Gasteiger partial charge is 0.475 e. The van der Waals surface area contributed by atoms with Gasteiger partial charge in [-0.3, -0.25) is 0 Å². The van der Waals surface area contributed by atoms with Crippen molar-refractivity contribution < 1.29 is 14.6 Å². The summed E-state index contributed by atoms with van der Waals surface area (Å²) in [5.74, 6) is 2.41. The minimum Gasteiger partial charge on any atom is -0.475 e. The molecule has 3 N–H and O–H groups in total. The second-order valence-electron chi connectivity index (χ2n) is 6.93. The molecule has 1 heterocycles. The van der Waals surface area contributed by atoms with Crippen LogP contribution in [0.5, 0.6) is 5.88 Å². The van der Waals surface area contributed by atoms with Crippen LogP contribution in [0.1, 0.15) is 39.2 Å². The Morgan fingerprint density at radius 1 is 1.26 bits per heavy atom. The number of hydrogen-bond donors (Lipinski definition) is 3. The highest BCUT2D eigenvalue weighted by Gasteiger charge is 2.11. The molecule has 1 rings (SSSR count). The van der Waals surface area contributed by atoms with E-state index < -0.39 is 0 Å². The van der Waals surface area contributed by atoms with Crippen molar-refractivity contribution in [3.05, 3.63) is 23.9 Å². The first-order chi connectivity index (χ1) is 13.1. The summed E-state index contributed by atoms with van der Waals surface area (Å²) in [7, 11) is 1.64. The van der Waals surface area contributed by atoms with Crippen LogP contribution in [0.3, 0.4) is 0 Å². The summed E-state index contributed by atoms with van der Waals surface area (Å²) in [6.07, 6.45) is 3.67.